The van der Waals surface area contributed by atoms with Crippen LogP contribution < -0.4 is 4.90 Å². The van der Waals surface area contributed by atoms with E-state index in [0.717, 1.165) is 18.4 Å². The molecule has 3 aliphatic rings. The molecule has 0 radical (unpaired) electrons. The summed E-state index contributed by atoms with van der Waals surface area (Å²) in [5, 5.41) is 0. The Kier molecular flexibility index (Phi) is 6.99. The molecule has 1 saturated carbocycles. The fourth-order valence-corrected chi connectivity index (χ4v) is 6.48. The summed E-state index contributed by atoms with van der Waals surface area (Å²) < 4.78 is 32.2. The monoisotopic (exact) mass is 541 g/mol. The maximum Gasteiger partial charge on any atom is 0.409 e. The molecule has 2 aliphatic heterocycles. The highest BCUT2D eigenvalue weighted by Gasteiger charge is 2.39. The number of hydrogen-bond acceptors (Lipinski definition) is 6. The Bertz CT molecular complexity index is 1060. The van der Waals surface area contributed by atoms with Crippen LogP contribution in [0.2, 0.25) is 0 Å². The molecule has 0 unspecified atom stereocenters. The molecule has 2 heterocycles. The summed E-state index contributed by atoms with van der Waals surface area (Å²) in [4.78, 5) is 42.1. The molecule has 1 aliphatic carbocycles. The third-order valence-electron chi connectivity index (χ3n) is 6.26. The quantitative estimate of drug-likeness (QED) is 0.546. The van der Waals surface area contributed by atoms with Crippen molar-refractivity contribution in [1.29, 1.82) is 0 Å². The number of hydrogen-bond donors (Lipinski definition) is 0. The first-order valence-electron chi connectivity index (χ1n) is 11.3. The summed E-state index contributed by atoms with van der Waals surface area (Å²) in [6.45, 7) is 3.90. The van der Waals surface area contributed by atoms with Crippen molar-refractivity contribution in [2.24, 2.45) is 5.92 Å². The van der Waals surface area contributed by atoms with Gasteiger partial charge in [0, 0.05) is 49.5 Å². The summed E-state index contributed by atoms with van der Waals surface area (Å²) in [6.07, 6.45) is 1.75. The number of carbonyl (C=O) groups excluding carboxylic acids is 3. The average Bonchev–Trinajstić information content (AvgIpc) is 3.56. The zero-order valence-corrected chi connectivity index (χ0v) is 21.0. The van der Waals surface area contributed by atoms with Gasteiger partial charge in [-0.1, -0.05) is 15.9 Å². The SMILES string of the molecule is CCOC(=O)N1CCN(C(=O)CCS(=O)(=O)c2cc(Br)cc3c2N(C(=O)C2CC2)CC3)CC1. The van der Waals surface area contributed by atoms with Crippen LogP contribution in [0.25, 0.3) is 0 Å². The number of fused-ring (bicyclic) bond motifs is 1. The first-order chi connectivity index (χ1) is 15.7. The number of anilines is 1. The first kappa shape index (κ1) is 24.0. The van der Waals surface area contributed by atoms with Gasteiger partial charge in [0.1, 0.15) is 0 Å². The highest BCUT2D eigenvalue weighted by Crippen LogP contribution is 2.41. The van der Waals surface area contributed by atoms with Crippen molar-refractivity contribution in [2.75, 3.05) is 50.0 Å². The second-order valence-corrected chi connectivity index (χ2v) is 11.6. The van der Waals surface area contributed by atoms with Crippen LogP contribution in [0, 0.1) is 5.92 Å². The predicted octanol–water partition coefficient (Wildman–Crippen LogP) is 2.21. The molecular weight excluding hydrogens is 514 g/mol. The fraction of sp³-hybridized carbons (Fsp3) is 0.591. The van der Waals surface area contributed by atoms with E-state index in [1.165, 1.54) is 6.07 Å². The maximum atomic E-state index is 13.3. The Morgan fingerprint density at radius 2 is 1.73 bits per heavy atom. The Morgan fingerprint density at radius 3 is 2.36 bits per heavy atom. The normalized spacial score (nSPS) is 18.3. The number of rotatable bonds is 6. The molecule has 9 nitrogen and oxygen atoms in total. The molecule has 1 aromatic carbocycles. The Balaban J connectivity index is 1.43. The van der Waals surface area contributed by atoms with E-state index in [-0.39, 0.29) is 34.8 Å². The molecule has 2 fully saturated rings. The van der Waals surface area contributed by atoms with Crippen LogP contribution in [0.4, 0.5) is 10.5 Å². The van der Waals surface area contributed by atoms with Crippen LogP contribution in [-0.4, -0.2) is 81.2 Å². The topological polar surface area (TPSA) is 104 Å². The summed E-state index contributed by atoms with van der Waals surface area (Å²) >= 11 is 3.39. The molecule has 0 bridgehead atoms. The minimum Gasteiger partial charge on any atom is -0.450 e. The first-order valence-corrected chi connectivity index (χ1v) is 13.7. The van der Waals surface area contributed by atoms with Gasteiger partial charge >= 0.3 is 6.09 Å². The molecule has 3 amide bonds. The summed E-state index contributed by atoms with van der Waals surface area (Å²) in [5.74, 6) is -0.620. The number of nitrogens with zero attached hydrogens (tertiary/aromatic N) is 3. The highest BCUT2D eigenvalue weighted by atomic mass is 79.9. The molecule has 0 aromatic heterocycles. The smallest absolute Gasteiger partial charge is 0.409 e. The van der Waals surface area contributed by atoms with Crippen LogP contribution in [0.15, 0.2) is 21.5 Å². The van der Waals surface area contributed by atoms with Crippen molar-refractivity contribution >= 4 is 49.4 Å². The van der Waals surface area contributed by atoms with E-state index in [2.05, 4.69) is 15.9 Å². The highest BCUT2D eigenvalue weighted by molar-refractivity contribution is 9.10. The summed E-state index contributed by atoms with van der Waals surface area (Å²) in [7, 11) is -3.80. The molecule has 11 heteroatoms. The number of piperazine rings is 1. The molecule has 0 N–H and O–H groups in total. The van der Waals surface area contributed by atoms with Crippen molar-refractivity contribution < 1.29 is 27.5 Å². The van der Waals surface area contributed by atoms with E-state index in [4.69, 9.17) is 4.74 Å². The number of carbonyl (C=O) groups is 3. The third-order valence-corrected chi connectivity index (χ3v) is 8.44. The Labute approximate surface area is 202 Å². The summed E-state index contributed by atoms with van der Waals surface area (Å²) in [5.41, 5.74) is 1.31. The van der Waals surface area contributed by atoms with E-state index in [1.807, 2.05) is 6.07 Å². The van der Waals surface area contributed by atoms with Crippen molar-refractivity contribution in [3.05, 3.63) is 22.2 Å². The minimum atomic E-state index is -3.80. The van der Waals surface area contributed by atoms with Gasteiger partial charge in [0.2, 0.25) is 11.8 Å². The lowest BCUT2D eigenvalue weighted by molar-refractivity contribution is -0.132. The van der Waals surface area contributed by atoms with E-state index in [1.54, 1.807) is 21.6 Å². The lowest BCUT2D eigenvalue weighted by Gasteiger charge is -2.34. The van der Waals surface area contributed by atoms with Gasteiger partial charge in [-0.15, -0.1) is 0 Å². The number of halogens is 1. The van der Waals surface area contributed by atoms with Crippen LogP contribution >= 0.6 is 15.9 Å². The molecule has 0 atom stereocenters. The largest absolute Gasteiger partial charge is 0.450 e. The minimum absolute atomic E-state index is 0.00926. The summed E-state index contributed by atoms with van der Waals surface area (Å²) in [6, 6.07) is 3.40. The van der Waals surface area contributed by atoms with E-state index < -0.39 is 15.9 Å². The van der Waals surface area contributed by atoms with Gasteiger partial charge in [-0.2, -0.15) is 0 Å². The lowest BCUT2D eigenvalue weighted by atomic mass is 10.2. The molecule has 1 aromatic rings. The van der Waals surface area contributed by atoms with Crippen LogP contribution in [0.1, 0.15) is 31.7 Å². The van der Waals surface area contributed by atoms with Crippen molar-refractivity contribution in [1.82, 2.24) is 9.80 Å². The number of sulfone groups is 1. The standard InChI is InChI=1S/C22H28BrN3O6S/c1-2-32-22(29)25-10-8-24(9-11-25)19(27)6-12-33(30,31)18-14-17(23)13-16-5-7-26(20(16)18)21(28)15-3-4-15/h13-15H,2-12H2,1H3. The van der Waals surface area contributed by atoms with Crippen LogP contribution in [-0.2, 0) is 30.6 Å². The molecule has 33 heavy (non-hydrogen) atoms. The van der Waals surface area contributed by atoms with Crippen molar-refractivity contribution in [3.63, 3.8) is 0 Å². The zero-order chi connectivity index (χ0) is 23.8. The molecular formula is C22H28BrN3O6S. The van der Waals surface area contributed by atoms with Gasteiger partial charge in [0.25, 0.3) is 0 Å². The number of ether oxygens (including phenoxy) is 1. The second-order valence-electron chi connectivity index (χ2n) is 8.56. The average molecular weight is 542 g/mol. The molecule has 180 valence electrons. The number of benzene rings is 1. The van der Waals surface area contributed by atoms with Crippen molar-refractivity contribution in [2.45, 2.75) is 37.5 Å². The Hall–Kier alpha value is -2.14. The number of amides is 3. The van der Waals surface area contributed by atoms with E-state index in [9.17, 15) is 22.8 Å². The molecule has 1 saturated heterocycles. The van der Waals surface area contributed by atoms with E-state index >= 15 is 0 Å². The van der Waals surface area contributed by atoms with Crippen LogP contribution in [0.5, 0.6) is 0 Å². The third kappa shape index (κ3) is 5.18. The fourth-order valence-electron chi connectivity index (χ4n) is 4.32. The molecule has 0 spiro atoms. The van der Waals surface area contributed by atoms with Gasteiger partial charge in [-0.05, 0) is 43.9 Å². The van der Waals surface area contributed by atoms with E-state index in [0.29, 0.717) is 55.9 Å². The molecule has 4 rings (SSSR count). The Morgan fingerprint density at radius 1 is 1.06 bits per heavy atom. The van der Waals surface area contributed by atoms with Crippen molar-refractivity contribution in [3.8, 4) is 0 Å². The zero-order valence-electron chi connectivity index (χ0n) is 18.6. The maximum absolute atomic E-state index is 13.3. The van der Waals surface area contributed by atoms with Gasteiger partial charge in [-0.3, -0.25) is 9.59 Å². The second kappa shape index (κ2) is 9.61. The van der Waals surface area contributed by atoms with Gasteiger partial charge < -0.3 is 19.4 Å². The van der Waals surface area contributed by atoms with Crippen LogP contribution in [0.3, 0.4) is 0 Å². The van der Waals surface area contributed by atoms with Gasteiger partial charge in [0.15, 0.2) is 9.84 Å². The van der Waals surface area contributed by atoms with Gasteiger partial charge in [-0.25, -0.2) is 13.2 Å². The predicted molar refractivity (Wildman–Crippen MR) is 125 cm³/mol. The lowest BCUT2D eigenvalue weighted by Crippen LogP contribution is -2.50. The van der Waals surface area contributed by atoms with Gasteiger partial charge in [0.05, 0.1) is 22.9 Å².